The maximum absolute atomic E-state index is 13.3. The topological polar surface area (TPSA) is 88.2 Å². The van der Waals surface area contributed by atoms with Gasteiger partial charge in [0.25, 0.3) is 5.91 Å². The molecule has 34 heavy (non-hydrogen) atoms. The van der Waals surface area contributed by atoms with E-state index in [4.69, 9.17) is 21.1 Å². The van der Waals surface area contributed by atoms with Gasteiger partial charge in [-0.05, 0) is 31.9 Å². The van der Waals surface area contributed by atoms with Gasteiger partial charge in [-0.15, -0.1) is 0 Å². The first-order chi connectivity index (χ1) is 16.4. The molecule has 0 radical (unpaired) electrons. The second-order valence-electron chi connectivity index (χ2n) is 8.90. The van der Waals surface area contributed by atoms with Gasteiger partial charge >= 0.3 is 0 Å². The molecule has 1 saturated heterocycles. The highest BCUT2D eigenvalue weighted by molar-refractivity contribution is 6.34. The van der Waals surface area contributed by atoms with E-state index >= 15 is 0 Å². The molecule has 3 aliphatic heterocycles. The Hall–Kier alpha value is -3.26. The number of benzene rings is 2. The van der Waals surface area contributed by atoms with E-state index in [0.29, 0.717) is 72.5 Å². The number of halogens is 1. The van der Waals surface area contributed by atoms with E-state index in [1.165, 1.54) is 0 Å². The lowest BCUT2D eigenvalue weighted by Gasteiger charge is -2.48. The average molecular weight is 484 g/mol. The number of rotatable bonds is 5. The average Bonchev–Trinajstić information content (AvgIpc) is 2.97. The monoisotopic (exact) mass is 483 g/mol. The van der Waals surface area contributed by atoms with Crippen molar-refractivity contribution in [1.82, 2.24) is 4.90 Å². The molecule has 5 rings (SSSR count). The normalized spacial score (nSPS) is 21.1. The van der Waals surface area contributed by atoms with Crippen LogP contribution in [0.4, 0.5) is 11.4 Å². The van der Waals surface area contributed by atoms with Crippen molar-refractivity contribution in [2.24, 2.45) is 0 Å². The number of nitrogens with zero attached hydrogens (tertiary/aromatic N) is 2. The predicted molar refractivity (Wildman–Crippen MR) is 128 cm³/mol. The van der Waals surface area contributed by atoms with Crippen LogP contribution in [-0.2, 0) is 9.59 Å². The smallest absolute Gasteiger partial charge is 0.257 e. The fraction of sp³-hybridized carbons (Fsp3) is 0.400. The molecule has 9 heteroatoms. The Labute approximate surface area is 202 Å². The zero-order valence-corrected chi connectivity index (χ0v) is 19.7. The van der Waals surface area contributed by atoms with Gasteiger partial charge in [0.1, 0.15) is 5.66 Å². The van der Waals surface area contributed by atoms with Crippen LogP contribution in [-0.4, -0.2) is 48.0 Å². The quantitative estimate of drug-likeness (QED) is 0.688. The van der Waals surface area contributed by atoms with Gasteiger partial charge in [0.15, 0.2) is 11.5 Å². The summed E-state index contributed by atoms with van der Waals surface area (Å²) in [5.74, 6) is 0.789. The number of amides is 3. The van der Waals surface area contributed by atoms with E-state index < -0.39 is 5.66 Å². The van der Waals surface area contributed by atoms with Crippen molar-refractivity contribution in [3.8, 4) is 11.5 Å². The molecular formula is C25H26ClN3O5. The van der Waals surface area contributed by atoms with Gasteiger partial charge in [-0.3, -0.25) is 19.3 Å². The molecule has 3 heterocycles. The zero-order chi connectivity index (χ0) is 23.9. The number of carbonyl (C=O) groups excluding carboxylic acids is 3. The molecule has 1 unspecified atom stereocenters. The third-order valence-electron chi connectivity index (χ3n) is 6.64. The van der Waals surface area contributed by atoms with E-state index in [9.17, 15) is 14.4 Å². The summed E-state index contributed by atoms with van der Waals surface area (Å²) in [5, 5.41) is 3.20. The van der Waals surface area contributed by atoms with Crippen LogP contribution in [0.5, 0.6) is 11.5 Å². The standard InChI is InChI=1S/C25H26ClN3O5/c1-25-10-9-23(31)29(25)19-7-3-2-6-16(19)24(32)28(25)11-4-8-22(30)27-18-15-21-20(14-17(18)26)33-12-5-13-34-21/h2-3,6-7,14-15H,4-5,8-13H2,1H3,(H,27,30). The largest absolute Gasteiger partial charge is 0.490 e. The minimum Gasteiger partial charge on any atom is -0.490 e. The van der Waals surface area contributed by atoms with Crippen LogP contribution in [0.25, 0.3) is 0 Å². The summed E-state index contributed by atoms with van der Waals surface area (Å²) in [4.78, 5) is 42.1. The number of nitrogens with one attached hydrogen (secondary N) is 1. The number of anilines is 2. The molecule has 178 valence electrons. The maximum atomic E-state index is 13.3. The van der Waals surface area contributed by atoms with Crippen LogP contribution in [0.2, 0.25) is 5.02 Å². The fourth-order valence-electron chi connectivity index (χ4n) is 4.93. The second kappa shape index (κ2) is 8.83. The Balaban J connectivity index is 1.26. The number of para-hydroxylation sites is 1. The number of hydrogen-bond acceptors (Lipinski definition) is 5. The third-order valence-corrected chi connectivity index (χ3v) is 6.96. The first-order valence-corrected chi connectivity index (χ1v) is 11.9. The Morgan fingerprint density at radius 2 is 1.88 bits per heavy atom. The van der Waals surface area contributed by atoms with Crippen LogP contribution >= 0.6 is 11.6 Å². The van der Waals surface area contributed by atoms with Crippen molar-refractivity contribution < 1.29 is 23.9 Å². The molecule has 3 aliphatic rings. The van der Waals surface area contributed by atoms with Crippen molar-refractivity contribution in [3.63, 3.8) is 0 Å². The van der Waals surface area contributed by atoms with Gasteiger partial charge in [0.05, 0.1) is 35.2 Å². The van der Waals surface area contributed by atoms with Crippen LogP contribution in [0.3, 0.4) is 0 Å². The summed E-state index contributed by atoms with van der Waals surface area (Å²) in [6.45, 7) is 3.36. The van der Waals surface area contributed by atoms with Crippen molar-refractivity contribution >= 4 is 40.7 Å². The molecule has 0 bridgehead atoms. The highest BCUT2D eigenvalue weighted by Gasteiger charge is 2.52. The minimum atomic E-state index is -0.726. The SMILES string of the molecule is CC12CCC(=O)N1c1ccccc1C(=O)N2CCCC(=O)Nc1cc2c(cc1Cl)OCCCO2. The Morgan fingerprint density at radius 1 is 1.15 bits per heavy atom. The Morgan fingerprint density at radius 3 is 2.68 bits per heavy atom. The van der Waals surface area contributed by atoms with Crippen LogP contribution in [0.15, 0.2) is 36.4 Å². The van der Waals surface area contributed by atoms with Gasteiger partial charge in [0, 0.05) is 37.9 Å². The van der Waals surface area contributed by atoms with Crippen molar-refractivity contribution in [3.05, 3.63) is 47.0 Å². The van der Waals surface area contributed by atoms with Crippen LogP contribution < -0.4 is 19.7 Å². The lowest BCUT2D eigenvalue weighted by molar-refractivity contribution is -0.118. The van der Waals surface area contributed by atoms with Gasteiger partial charge in [-0.2, -0.15) is 0 Å². The highest BCUT2D eigenvalue weighted by atomic mass is 35.5. The lowest BCUT2D eigenvalue weighted by Crippen LogP contribution is -2.62. The number of hydrogen-bond donors (Lipinski definition) is 1. The molecule has 0 aromatic heterocycles. The van der Waals surface area contributed by atoms with Gasteiger partial charge in [-0.25, -0.2) is 0 Å². The highest BCUT2D eigenvalue weighted by Crippen LogP contribution is 2.44. The summed E-state index contributed by atoms with van der Waals surface area (Å²) in [6, 6.07) is 10.5. The van der Waals surface area contributed by atoms with E-state index in [1.807, 2.05) is 19.1 Å². The maximum Gasteiger partial charge on any atom is 0.257 e. The number of fused-ring (bicyclic) bond motifs is 4. The van der Waals surface area contributed by atoms with E-state index in [-0.39, 0.29) is 24.1 Å². The lowest BCUT2D eigenvalue weighted by atomic mass is 9.98. The Bertz CT molecular complexity index is 1170. The summed E-state index contributed by atoms with van der Waals surface area (Å²) in [7, 11) is 0. The molecule has 2 aromatic carbocycles. The molecule has 1 atom stereocenters. The van der Waals surface area contributed by atoms with Crippen molar-refractivity contribution in [2.75, 3.05) is 30.0 Å². The van der Waals surface area contributed by atoms with E-state index in [0.717, 1.165) is 6.42 Å². The van der Waals surface area contributed by atoms with E-state index in [2.05, 4.69) is 5.32 Å². The van der Waals surface area contributed by atoms with Gasteiger partial charge < -0.3 is 19.7 Å². The van der Waals surface area contributed by atoms with Crippen LogP contribution in [0, 0.1) is 0 Å². The summed E-state index contributed by atoms with van der Waals surface area (Å²) >= 11 is 6.33. The molecule has 3 amide bonds. The molecular weight excluding hydrogens is 458 g/mol. The molecule has 0 saturated carbocycles. The molecule has 0 spiro atoms. The zero-order valence-electron chi connectivity index (χ0n) is 18.9. The third kappa shape index (κ3) is 3.86. The molecule has 1 N–H and O–H groups in total. The Kier molecular flexibility index (Phi) is 5.85. The predicted octanol–water partition coefficient (Wildman–Crippen LogP) is 4.22. The van der Waals surface area contributed by atoms with Gasteiger partial charge in [-0.1, -0.05) is 23.7 Å². The van der Waals surface area contributed by atoms with Crippen molar-refractivity contribution in [2.45, 2.75) is 44.7 Å². The molecule has 8 nitrogen and oxygen atoms in total. The summed E-state index contributed by atoms with van der Waals surface area (Å²) < 4.78 is 11.3. The van der Waals surface area contributed by atoms with Crippen LogP contribution in [0.1, 0.15) is 49.4 Å². The molecule has 0 aliphatic carbocycles. The van der Waals surface area contributed by atoms with Gasteiger partial charge in [0.2, 0.25) is 11.8 Å². The van der Waals surface area contributed by atoms with Crippen molar-refractivity contribution in [1.29, 1.82) is 0 Å². The first kappa shape index (κ1) is 22.5. The summed E-state index contributed by atoms with van der Waals surface area (Å²) in [6.07, 6.45) is 2.36. The molecule has 1 fully saturated rings. The summed E-state index contributed by atoms with van der Waals surface area (Å²) in [5.41, 5.74) is 0.907. The minimum absolute atomic E-state index is 0.00856. The second-order valence-corrected chi connectivity index (χ2v) is 9.31. The first-order valence-electron chi connectivity index (χ1n) is 11.5. The van der Waals surface area contributed by atoms with E-state index in [1.54, 1.807) is 34.1 Å². The molecule has 2 aromatic rings. The fourth-order valence-corrected chi connectivity index (χ4v) is 5.13. The number of ether oxygens (including phenoxy) is 2. The number of carbonyl (C=O) groups is 3.